The van der Waals surface area contributed by atoms with Crippen LogP contribution in [0.5, 0.6) is 0 Å². The normalized spacial score (nSPS) is 47.4. The number of carbonyl (C=O) groups excluding carboxylic acids is 4. The maximum Gasteiger partial charge on any atom is 0.336 e. The number of nitrogens with one attached hydrogen (secondary N) is 1. The van der Waals surface area contributed by atoms with Crippen LogP contribution in [0.2, 0.25) is 0 Å². The first kappa shape index (κ1) is 116. The van der Waals surface area contributed by atoms with E-state index in [0.29, 0.717) is 37.7 Å². The van der Waals surface area contributed by atoms with Crippen LogP contribution in [0.1, 0.15) is 160 Å². The molecule has 144 heavy (non-hydrogen) atoms. The van der Waals surface area contributed by atoms with Crippen LogP contribution in [0, 0.1) is 50.2 Å². The van der Waals surface area contributed by atoms with Gasteiger partial charge in [-0.3, -0.25) is 9.59 Å². The van der Waals surface area contributed by atoms with Crippen molar-refractivity contribution in [3.8, 4) is 0 Å². The number of hydrogen-bond acceptors (Lipinski definition) is 46. The number of amides is 1. The third kappa shape index (κ3) is 22.7. The minimum Gasteiger partial charge on any atom is -0.458 e. The van der Waals surface area contributed by atoms with Gasteiger partial charge >= 0.3 is 17.9 Å². The smallest absolute Gasteiger partial charge is 0.336 e. The highest BCUT2D eigenvalue weighted by Crippen LogP contribution is 2.76. The van der Waals surface area contributed by atoms with Gasteiger partial charge in [0.05, 0.1) is 99.6 Å². The molecular formula is C97H153NO46. The Hall–Kier alpha value is -4.98. The zero-order chi connectivity index (χ0) is 106. The van der Waals surface area contributed by atoms with Gasteiger partial charge in [0.25, 0.3) is 0 Å². The molecule has 25 N–H and O–H groups in total. The van der Waals surface area contributed by atoms with Crippen LogP contribution >= 0.6 is 0 Å². The Labute approximate surface area is 833 Å². The van der Waals surface area contributed by atoms with Crippen molar-refractivity contribution in [2.45, 2.75) is 417 Å². The van der Waals surface area contributed by atoms with Gasteiger partial charge in [0, 0.05) is 18.8 Å². The molecular weight excluding hydrogens is 1920 g/mol. The Morgan fingerprint density at radius 1 is 0.479 bits per heavy atom. The standard InChI is InChI=1S/C97H153NO46/c1-15-92(10,126)25-17-19-44(33-100)80(124)138-74-40(3)131-86(72(121)68(74)117)144-93(11,16-2)26-18-20-43(32-99)79(123)136-57-31-97(89(125)143-88-78(67(116)62(111)50(35-102)134-88)142-85-73(122)76(140-84-71(120)66(115)61(110)49(34-101)132-84)75(41(4)130-85)139-83-70(119)63(112)51(36-103)133-83)46(29-90(57,6)7)45-21-22-54-94(12)27-24-56(91(8,9)53(94)23-28-95(54,13)96(45,14)30-55(97)107)137-81-58(98-42(5)104)65(114)64(113)52(135-81)39-129-87-77(60(109)48(106)38-128-87)141-82-69(118)59(108)47(105)37-127-82/h15-16,19-21,40-41,46-78,81-88,99-103,105-122,126H,1-2,17-18,22-39H2,3-14H3,(H,98,104)/b43-20+,44-19+/t40-,41-,46-,47-,48-,49-,50-,51+,52-,53+,54-,55-,56+,57+,58-,59+,60+,61-,62-,63+,64-,65-,66+,67+,68-,69-,70-,71-,72-,73-,74-,75-,76-,77-,78-,81+,82+,83+,84+,85+,86+,87+,88+,92+,93+,94+,95-,96+,97+/m0/s1. The molecule has 0 unspecified atom stereocenters. The lowest BCUT2D eigenvalue weighted by molar-refractivity contribution is -0.390. The third-order valence-corrected chi connectivity index (χ3v) is 33.6. The molecule has 8 heterocycles. The molecule has 8 saturated heterocycles. The summed E-state index contributed by atoms with van der Waals surface area (Å²) < 4.78 is 110. The molecule has 0 aromatic heterocycles. The van der Waals surface area contributed by atoms with Gasteiger partial charge in [0.1, 0.15) is 164 Å². The first-order chi connectivity index (χ1) is 67.5. The number of aliphatic hydroxyl groups is 24. The summed E-state index contributed by atoms with van der Waals surface area (Å²) in [5.41, 5.74) is -9.14. The molecule has 49 atom stereocenters. The largest absolute Gasteiger partial charge is 0.458 e. The lowest BCUT2D eigenvalue weighted by atomic mass is 9.33. The van der Waals surface area contributed by atoms with Crippen LogP contribution in [-0.4, -0.2) is 456 Å². The van der Waals surface area contributed by atoms with E-state index >= 15 is 9.59 Å². The van der Waals surface area contributed by atoms with Gasteiger partial charge in [-0.1, -0.05) is 84.4 Å². The Kier molecular flexibility index (Phi) is 37.2. The maximum absolute atomic E-state index is 16.9. The fourth-order valence-electron chi connectivity index (χ4n) is 24.4. The van der Waals surface area contributed by atoms with Crippen molar-refractivity contribution in [2.24, 2.45) is 50.2 Å². The summed E-state index contributed by atoms with van der Waals surface area (Å²) in [6, 6.07) is -1.38. The molecule has 0 bridgehead atoms. The summed E-state index contributed by atoms with van der Waals surface area (Å²) in [6.07, 6.45) is -59.4. The second kappa shape index (κ2) is 46.1. The van der Waals surface area contributed by atoms with Crippen molar-refractivity contribution in [3.05, 3.63) is 60.3 Å². The second-order valence-electron chi connectivity index (χ2n) is 43.7. The van der Waals surface area contributed by atoms with Gasteiger partial charge in [-0.25, -0.2) is 9.59 Å². The minimum atomic E-state index is -2.30. The van der Waals surface area contributed by atoms with E-state index in [0.717, 1.165) is 0 Å². The van der Waals surface area contributed by atoms with Crippen LogP contribution < -0.4 is 5.32 Å². The van der Waals surface area contributed by atoms with Gasteiger partial charge in [-0.2, -0.15) is 0 Å². The molecule has 13 aliphatic rings. The van der Waals surface area contributed by atoms with E-state index in [2.05, 4.69) is 38.4 Å². The van der Waals surface area contributed by atoms with Crippen LogP contribution in [0.4, 0.5) is 0 Å². The maximum atomic E-state index is 16.9. The number of aliphatic hydroxyl groups excluding tert-OH is 23. The molecule has 47 heteroatoms. The van der Waals surface area contributed by atoms with Gasteiger partial charge in [-0.05, 0) is 138 Å². The molecule has 1 amide bonds. The topological polar surface area (TPSA) is 732 Å². The number of allylic oxidation sites excluding steroid dienone is 4. The molecule has 822 valence electrons. The zero-order valence-corrected chi connectivity index (χ0v) is 83.0. The van der Waals surface area contributed by atoms with E-state index in [-0.39, 0.29) is 61.5 Å². The van der Waals surface area contributed by atoms with Gasteiger partial charge in [-0.15, -0.1) is 13.2 Å². The summed E-state index contributed by atoms with van der Waals surface area (Å²) in [5.74, 6) is -5.48. The van der Waals surface area contributed by atoms with E-state index in [1.54, 1.807) is 20.8 Å². The molecule has 0 radical (unpaired) electrons. The molecule has 4 saturated carbocycles. The molecule has 0 aromatic rings. The lowest BCUT2D eigenvalue weighted by Gasteiger charge is -2.72. The van der Waals surface area contributed by atoms with Crippen LogP contribution in [0.25, 0.3) is 0 Å². The van der Waals surface area contributed by atoms with Crippen molar-refractivity contribution in [3.63, 3.8) is 0 Å². The highest BCUT2D eigenvalue weighted by Gasteiger charge is 2.74. The van der Waals surface area contributed by atoms with E-state index in [4.69, 9.17) is 85.3 Å². The summed E-state index contributed by atoms with van der Waals surface area (Å²) in [4.78, 5) is 58.4. The number of carbonyl (C=O) groups is 4. The van der Waals surface area contributed by atoms with Gasteiger partial charge < -0.3 is 213 Å². The number of ether oxygens (including phenoxy) is 18. The average Bonchev–Trinajstić information content (AvgIpc) is 0.709. The van der Waals surface area contributed by atoms with Crippen LogP contribution in [0.15, 0.2) is 60.3 Å². The predicted octanol–water partition coefficient (Wildman–Crippen LogP) is -6.31. The van der Waals surface area contributed by atoms with E-state index in [9.17, 15) is 132 Å². The molecule has 0 aromatic carbocycles. The highest BCUT2D eigenvalue weighted by molar-refractivity contribution is 5.89. The van der Waals surface area contributed by atoms with E-state index < -0.39 is 378 Å². The third-order valence-electron chi connectivity index (χ3n) is 33.6. The Morgan fingerprint density at radius 2 is 0.979 bits per heavy atom. The van der Waals surface area contributed by atoms with Crippen molar-refractivity contribution in [1.29, 1.82) is 0 Å². The Balaban J connectivity index is 0.786. The molecule has 47 nitrogen and oxygen atoms in total. The quantitative estimate of drug-likeness (QED) is 0.00923. The van der Waals surface area contributed by atoms with Crippen molar-refractivity contribution in [2.75, 3.05) is 52.9 Å². The Bertz CT molecular complexity index is 4450. The average molecular weight is 2070 g/mol. The van der Waals surface area contributed by atoms with Crippen LogP contribution in [-0.2, 0) is 104 Å². The summed E-state index contributed by atoms with van der Waals surface area (Å²) in [5, 5.41) is 271. The molecule has 12 fully saturated rings. The number of fused-ring (bicyclic) bond motifs is 7. The van der Waals surface area contributed by atoms with Crippen molar-refractivity contribution in [1.82, 2.24) is 5.32 Å². The summed E-state index contributed by atoms with van der Waals surface area (Å²) >= 11 is 0. The zero-order valence-electron chi connectivity index (χ0n) is 83.0. The van der Waals surface area contributed by atoms with Gasteiger partial charge in [0.15, 0.2) is 56.2 Å². The highest BCUT2D eigenvalue weighted by atomic mass is 16.8. The second-order valence-corrected chi connectivity index (χ2v) is 43.7. The number of esters is 3. The fraction of sp³-hybridized carbons (Fsp3) is 0.856. The SMILES string of the molecule is C=C[C@@](C)(O)CC/C=C(\CO)C(=O)O[C@@H]1[C@@H](O)[C@H](O)[C@@H](O[C@](C)(C=C)CC/C=C(\CO)C(=O)O[C@@H]2C[C@]3(C(=O)O[C@H]4O[C@@H](CO)[C@H](O)[C@@H](O)[C@@H]4O[C@H]4O[C@@H](C)[C@H](O[C@H]5O[C@H](CO)[C@@H](O)[C@@H]5O)[C@@H](O[C@H]5O[C@@H](CO)[C@H](O)[C@@H](O)[C@@H]5O)[C@@H]4O)[C@@H](O)C[C@]4(C)C(=CC[C@H]5[C@]6(C)CC[C@@H](O[C@H]7O[C@@H](CO[C@H]8OC[C@H](O)[C@@H](O)[C@@H]8O[C@H]8OC[C@H](O)[C@@H](O)[C@@H]8O)[C@H](O)[C@@H](O)[C@@H]7NC(C)=O)C(C)(C)[C@H]6CC[C@@]54C)[C@@H]3CC2(C)C)O[C@H]1C. The van der Waals surface area contributed by atoms with Crippen LogP contribution in [0.3, 0.4) is 0 Å². The van der Waals surface area contributed by atoms with Crippen molar-refractivity contribution >= 4 is 23.8 Å². The summed E-state index contributed by atoms with van der Waals surface area (Å²) in [6.45, 7) is 22.5. The molecule has 13 rings (SSSR count). The first-order valence-corrected chi connectivity index (χ1v) is 49.6. The van der Waals surface area contributed by atoms with E-state index in [1.807, 2.05) is 20.8 Å². The van der Waals surface area contributed by atoms with Crippen molar-refractivity contribution < 1.29 is 227 Å². The van der Waals surface area contributed by atoms with Gasteiger partial charge in [0.2, 0.25) is 12.2 Å². The number of hydrogen-bond donors (Lipinski definition) is 25. The van der Waals surface area contributed by atoms with E-state index in [1.165, 1.54) is 52.0 Å². The molecule has 5 aliphatic carbocycles. The number of rotatable bonds is 35. The minimum absolute atomic E-state index is 0.0567. The lowest BCUT2D eigenvalue weighted by Crippen LogP contribution is -2.70. The predicted molar refractivity (Wildman–Crippen MR) is 485 cm³/mol. The Morgan fingerprint density at radius 3 is 1.58 bits per heavy atom. The first-order valence-electron chi connectivity index (χ1n) is 49.6. The summed E-state index contributed by atoms with van der Waals surface area (Å²) in [7, 11) is 0. The molecule has 0 spiro atoms. The fourth-order valence-corrected chi connectivity index (χ4v) is 24.4. The monoisotopic (exact) mass is 2070 g/mol. The molecule has 8 aliphatic heterocycles.